The third-order valence-corrected chi connectivity index (χ3v) is 4.67. The Morgan fingerprint density at radius 3 is 2.87 bits per heavy atom. The van der Waals surface area contributed by atoms with Crippen LogP contribution in [0.1, 0.15) is 30.6 Å². The van der Waals surface area contributed by atoms with Crippen molar-refractivity contribution in [2.45, 2.75) is 26.3 Å². The van der Waals surface area contributed by atoms with Crippen LogP contribution in [0.15, 0.2) is 41.8 Å². The van der Waals surface area contributed by atoms with Crippen LogP contribution in [0.5, 0.6) is 0 Å². The molecule has 0 spiro atoms. The highest BCUT2D eigenvalue weighted by Crippen LogP contribution is 2.28. The predicted molar refractivity (Wildman–Crippen MR) is 92.2 cm³/mol. The normalized spacial score (nSPS) is 12.3. The predicted octanol–water partition coefficient (Wildman–Crippen LogP) is 4.63. The number of pyridine rings is 1. The van der Waals surface area contributed by atoms with Crippen molar-refractivity contribution in [1.82, 2.24) is 10.3 Å². The van der Waals surface area contributed by atoms with Gasteiger partial charge < -0.3 is 5.32 Å². The van der Waals surface area contributed by atoms with Crippen molar-refractivity contribution in [3.8, 4) is 10.6 Å². The van der Waals surface area contributed by atoms with Crippen molar-refractivity contribution in [2.24, 2.45) is 0 Å². The summed E-state index contributed by atoms with van der Waals surface area (Å²) in [5.74, 6) is -0.573. The van der Waals surface area contributed by atoms with Gasteiger partial charge in [-0.3, -0.25) is 4.79 Å². The Morgan fingerprint density at radius 1 is 1.35 bits per heavy atom. The van der Waals surface area contributed by atoms with E-state index < -0.39 is 0 Å². The number of hydrogen-bond donors (Lipinski definition) is 1. The molecule has 1 atom stereocenters. The molecular weight excluding hydrogens is 311 g/mol. The molecule has 3 rings (SSSR count). The number of hydrogen-bond acceptors (Lipinski definition) is 3. The van der Waals surface area contributed by atoms with Crippen molar-refractivity contribution >= 4 is 28.1 Å². The fraction of sp³-hybridized carbons (Fsp3) is 0.222. The van der Waals surface area contributed by atoms with Crippen LogP contribution < -0.4 is 5.32 Å². The van der Waals surface area contributed by atoms with Crippen LogP contribution in [0.3, 0.4) is 0 Å². The largest absolute Gasteiger partial charge is 0.350 e. The van der Waals surface area contributed by atoms with E-state index >= 15 is 0 Å². The van der Waals surface area contributed by atoms with Crippen LogP contribution in [0.4, 0.5) is 4.39 Å². The molecule has 5 heteroatoms. The molecule has 0 saturated carbocycles. The molecule has 1 N–H and O–H groups in total. The number of carbonyl (C=O) groups excluding carboxylic acids is 1. The summed E-state index contributed by atoms with van der Waals surface area (Å²) in [5.41, 5.74) is 1.80. The van der Waals surface area contributed by atoms with Gasteiger partial charge in [0.15, 0.2) is 0 Å². The molecular formula is C18H17FN2OS. The number of nitrogens with one attached hydrogen (secondary N) is 1. The van der Waals surface area contributed by atoms with E-state index in [1.54, 1.807) is 23.5 Å². The Hall–Kier alpha value is -2.27. The number of amides is 1. The maximum absolute atomic E-state index is 13.6. The molecule has 3 aromatic rings. The van der Waals surface area contributed by atoms with E-state index in [2.05, 4.69) is 10.3 Å². The first-order chi connectivity index (χ1) is 11.1. The number of thiophene rings is 1. The second kappa shape index (κ2) is 6.46. The van der Waals surface area contributed by atoms with Gasteiger partial charge in [-0.1, -0.05) is 13.0 Å². The number of carbonyl (C=O) groups is 1. The van der Waals surface area contributed by atoms with Crippen molar-refractivity contribution in [1.29, 1.82) is 0 Å². The molecule has 0 aliphatic carbocycles. The molecule has 0 saturated heterocycles. The van der Waals surface area contributed by atoms with Gasteiger partial charge in [0.1, 0.15) is 5.82 Å². The van der Waals surface area contributed by atoms with Crippen molar-refractivity contribution in [3.63, 3.8) is 0 Å². The lowest BCUT2D eigenvalue weighted by molar-refractivity contribution is 0.0941. The second-order valence-electron chi connectivity index (χ2n) is 5.48. The quantitative estimate of drug-likeness (QED) is 0.758. The van der Waals surface area contributed by atoms with Crippen LogP contribution in [-0.2, 0) is 0 Å². The minimum atomic E-state index is -0.374. The van der Waals surface area contributed by atoms with E-state index in [0.29, 0.717) is 16.5 Å². The maximum Gasteiger partial charge on any atom is 0.252 e. The highest BCUT2D eigenvalue weighted by molar-refractivity contribution is 7.13. The van der Waals surface area contributed by atoms with Gasteiger partial charge in [-0.05, 0) is 49.1 Å². The van der Waals surface area contributed by atoms with Crippen LogP contribution in [0.25, 0.3) is 21.5 Å². The lowest BCUT2D eigenvalue weighted by Gasteiger charge is -2.14. The molecule has 0 aliphatic rings. The third kappa shape index (κ3) is 3.24. The molecule has 1 unspecified atom stereocenters. The summed E-state index contributed by atoms with van der Waals surface area (Å²) < 4.78 is 13.6. The summed E-state index contributed by atoms with van der Waals surface area (Å²) in [4.78, 5) is 18.1. The zero-order valence-corrected chi connectivity index (χ0v) is 13.8. The number of nitrogens with zero attached hydrogens (tertiary/aromatic N) is 1. The lowest BCUT2D eigenvalue weighted by Crippen LogP contribution is -2.32. The Balaban J connectivity index is 2.16. The fourth-order valence-corrected chi connectivity index (χ4v) is 3.03. The summed E-state index contributed by atoms with van der Waals surface area (Å²) in [7, 11) is 0. The van der Waals surface area contributed by atoms with Crippen molar-refractivity contribution in [2.75, 3.05) is 0 Å². The number of aromatic nitrogens is 1. The first-order valence-corrected chi connectivity index (χ1v) is 8.41. The number of fused-ring (bicyclic) bond motifs is 1. The lowest BCUT2D eigenvalue weighted by atomic mass is 10.1. The smallest absolute Gasteiger partial charge is 0.252 e. The van der Waals surface area contributed by atoms with E-state index in [1.165, 1.54) is 12.1 Å². The van der Waals surface area contributed by atoms with Gasteiger partial charge in [0, 0.05) is 11.4 Å². The van der Waals surface area contributed by atoms with E-state index in [0.717, 1.165) is 17.0 Å². The van der Waals surface area contributed by atoms with E-state index in [9.17, 15) is 9.18 Å². The van der Waals surface area contributed by atoms with Crippen molar-refractivity contribution in [3.05, 3.63) is 53.2 Å². The Morgan fingerprint density at radius 2 is 2.17 bits per heavy atom. The standard InChI is InChI=1S/C18H17FN2OS/c1-3-11(2)20-18(22)14-10-16(17-5-4-8-23-17)21-15-7-6-12(19)9-13(14)15/h4-11H,3H2,1-2H3,(H,20,22). The molecule has 23 heavy (non-hydrogen) atoms. The zero-order chi connectivity index (χ0) is 16.4. The maximum atomic E-state index is 13.6. The monoisotopic (exact) mass is 328 g/mol. The first kappa shape index (κ1) is 15.6. The minimum absolute atomic E-state index is 0.0597. The summed E-state index contributed by atoms with van der Waals surface area (Å²) in [6.07, 6.45) is 0.834. The van der Waals surface area contributed by atoms with Crippen molar-refractivity contribution < 1.29 is 9.18 Å². The molecule has 0 aliphatic heterocycles. The number of benzene rings is 1. The van der Waals surface area contributed by atoms with Crippen LogP contribution >= 0.6 is 11.3 Å². The average molecular weight is 328 g/mol. The summed E-state index contributed by atoms with van der Waals surface area (Å²) >= 11 is 1.56. The fourth-order valence-electron chi connectivity index (χ4n) is 2.34. The molecule has 0 fully saturated rings. The van der Waals surface area contributed by atoms with Gasteiger partial charge in [-0.15, -0.1) is 11.3 Å². The van der Waals surface area contributed by atoms with Gasteiger partial charge in [-0.25, -0.2) is 9.37 Å². The molecule has 2 aromatic heterocycles. The van der Waals surface area contributed by atoms with E-state index in [1.807, 2.05) is 31.4 Å². The van der Waals surface area contributed by atoms with Crippen LogP contribution in [0.2, 0.25) is 0 Å². The number of halogens is 1. The van der Waals surface area contributed by atoms with Gasteiger partial charge in [0.25, 0.3) is 5.91 Å². The Labute approximate surface area is 138 Å². The van der Waals surface area contributed by atoms with E-state index in [-0.39, 0.29) is 17.8 Å². The molecule has 2 heterocycles. The van der Waals surface area contributed by atoms with Gasteiger partial charge >= 0.3 is 0 Å². The SMILES string of the molecule is CCC(C)NC(=O)c1cc(-c2cccs2)nc2ccc(F)cc12. The zero-order valence-electron chi connectivity index (χ0n) is 13.0. The average Bonchev–Trinajstić information content (AvgIpc) is 3.08. The second-order valence-corrected chi connectivity index (χ2v) is 6.42. The van der Waals surface area contributed by atoms with Gasteiger partial charge in [-0.2, -0.15) is 0 Å². The molecule has 3 nitrogen and oxygen atoms in total. The first-order valence-electron chi connectivity index (χ1n) is 7.53. The minimum Gasteiger partial charge on any atom is -0.350 e. The molecule has 0 bridgehead atoms. The third-order valence-electron chi connectivity index (χ3n) is 3.78. The van der Waals surface area contributed by atoms with Crippen LogP contribution in [-0.4, -0.2) is 16.9 Å². The number of rotatable bonds is 4. The molecule has 118 valence electrons. The molecule has 0 radical (unpaired) electrons. The topological polar surface area (TPSA) is 42.0 Å². The highest BCUT2D eigenvalue weighted by atomic mass is 32.1. The van der Waals surface area contributed by atoms with Gasteiger partial charge in [0.05, 0.1) is 21.7 Å². The molecule has 1 amide bonds. The molecule has 1 aromatic carbocycles. The Kier molecular flexibility index (Phi) is 4.39. The summed E-state index contributed by atoms with van der Waals surface area (Å²) in [6.45, 7) is 3.95. The van der Waals surface area contributed by atoms with E-state index in [4.69, 9.17) is 0 Å². The van der Waals surface area contributed by atoms with Gasteiger partial charge in [0.2, 0.25) is 0 Å². The summed E-state index contributed by atoms with van der Waals surface area (Å²) in [5, 5.41) is 5.44. The summed E-state index contributed by atoms with van der Waals surface area (Å²) in [6, 6.07) is 10.0. The highest BCUT2D eigenvalue weighted by Gasteiger charge is 2.16. The van der Waals surface area contributed by atoms with Crippen LogP contribution in [0, 0.1) is 5.82 Å². The Bertz CT molecular complexity index is 846.